The van der Waals surface area contributed by atoms with Crippen LogP contribution in [0.25, 0.3) is 0 Å². The lowest BCUT2D eigenvalue weighted by Gasteiger charge is -2.24. The zero-order valence-corrected chi connectivity index (χ0v) is 16.9. The van der Waals surface area contributed by atoms with Crippen molar-refractivity contribution in [2.24, 2.45) is 0 Å². The maximum absolute atomic E-state index is 11.2. The summed E-state index contributed by atoms with van der Waals surface area (Å²) >= 11 is 0. The molecule has 1 aliphatic carbocycles. The summed E-state index contributed by atoms with van der Waals surface area (Å²) in [6.07, 6.45) is 8.34. The van der Waals surface area contributed by atoms with Crippen molar-refractivity contribution in [3.8, 4) is 11.5 Å². The van der Waals surface area contributed by atoms with Crippen LogP contribution in [0.4, 0.5) is 11.4 Å². The first-order chi connectivity index (χ1) is 14.6. The number of aromatic nitrogens is 2. The predicted molar refractivity (Wildman–Crippen MR) is 114 cm³/mol. The van der Waals surface area contributed by atoms with Gasteiger partial charge in [0.25, 0.3) is 0 Å². The first-order valence-corrected chi connectivity index (χ1v) is 10.1. The molecule has 0 aliphatic heterocycles. The molecule has 0 radical (unpaired) electrons. The van der Waals surface area contributed by atoms with E-state index in [9.17, 15) is 9.90 Å². The maximum atomic E-state index is 11.2. The van der Waals surface area contributed by atoms with Crippen LogP contribution in [0, 0.1) is 0 Å². The average molecular weight is 407 g/mol. The number of ether oxygens (including phenoxy) is 2. The van der Waals surface area contributed by atoms with E-state index in [4.69, 9.17) is 9.47 Å². The third-order valence-electron chi connectivity index (χ3n) is 5.39. The van der Waals surface area contributed by atoms with Crippen LogP contribution in [0.15, 0.2) is 54.9 Å². The summed E-state index contributed by atoms with van der Waals surface area (Å²) in [5.74, 6) is 0.543. The second-order valence-corrected chi connectivity index (χ2v) is 7.40. The van der Waals surface area contributed by atoms with E-state index in [-0.39, 0.29) is 11.7 Å². The van der Waals surface area contributed by atoms with E-state index in [1.807, 2.05) is 24.4 Å². The number of hydrogen-bond acceptors (Lipinski definition) is 5. The Hall–Kier alpha value is -3.48. The molecule has 0 bridgehead atoms. The molecule has 3 aromatic rings. The molecule has 0 spiro atoms. The number of H-pyrrole nitrogens is 1. The highest BCUT2D eigenvalue weighted by Gasteiger charge is 2.19. The van der Waals surface area contributed by atoms with E-state index in [0.717, 1.165) is 41.3 Å². The molecule has 7 heteroatoms. The van der Waals surface area contributed by atoms with Gasteiger partial charge < -0.3 is 19.5 Å². The van der Waals surface area contributed by atoms with Crippen LogP contribution in [-0.4, -0.2) is 34.5 Å². The number of rotatable bonds is 8. The van der Waals surface area contributed by atoms with Crippen LogP contribution in [0.1, 0.15) is 41.6 Å². The zero-order chi connectivity index (χ0) is 20.9. The molecule has 156 valence electrons. The molecule has 0 atom stereocenters. The fourth-order valence-corrected chi connectivity index (χ4v) is 3.79. The smallest absolute Gasteiger partial charge is 0.335 e. The summed E-state index contributed by atoms with van der Waals surface area (Å²) in [5.41, 5.74) is 3.05. The second-order valence-electron chi connectivity index (χ2n) is 7.40. The zero-order valence-electron chi connectivity index (χ0n) is 16.9. The molecule has 2 N–H and O–H groups in total. The van der Waals surface area contributed by atoms with Crippen LogP contribution in [-0.2, 0) is 6.54 Å². The first-order valence-electron chi connectivity index (χ1n) is 10.1. The highest BCUT2D eigenvalue weighted by molar-refractivity contribution is 5.88. The van der Waals surface area contributed by atoms with Crippen LogP contribution in [0.5, 0.6) is 11.5 Å². The largest absolute Gasteiger partial charge is 0.493 e. The Morgan fingerprint density at radius 2 is 1.90 bits per heavy atom. The van der Waals surface area contributed by atoms with Gasteiger partial charge in [-0.05, 0) is 67.6 Å². The monoisotopic (exact) mass is 407 g/mol. The number of nitrogens with zero attached hydrogens (tertiary/aromatic N) is 2. The Morgan fingerprint density at radius 3 is 2.53 bits per heavy atom. The number of methoxy groups -OCH3 is 1. The van der Waals surface area contributed by atoms with Crippen molar-refractivity contribution in [3.63, 3.8) is 0 Å². The molecule has 30 heavy (non-hydrogen) atoms. The molecule has 4 rings (SSSR count). The minimum absolute atomic E-state index is 0.239. The fourth-order valence-electron chi connectivity index (χ4n) is 3.79. The number of carbonyl (C=O) groups is 1. The van der Waals surface area contributed by atoms with Crippen LogP contribution < -0.4 is 14.4 Å². The molecular weight excluding hydrogens is 382 g/mol. The maximum Gasteiger partial charge on any atom is 0.335 e. The lowest BCUT2D eigenvalue weighted by atomic mass is 10.1. The molecule has 1 fully saturated rings. The molecule has 7 nitrogen and oxygen atoms in total. The van der Waals surface area contributed by atoms with Gasteiger partial charge in [0.1, 0.15) is 0 Å². The first kappa shape index (κ1) is 19.8. The molecule has 0 unspecified atom stereocenters. The molecule has 1 saturated carbocycles. The summed E-state index contributed by atoms with van der Waals surface area (Å²) in [7, 11) is 1.65. The number of nitrogens with one attached hydrogen (secondary N) is 1. The highest BCUT2D eigenvalue weighted by atomic mass is 16.5. The molecule has 1 aliphatic rings. The topological polar surface area (TPSA) is 87.7 Å². The number of carboxylic acids is 1. The van der Waals surface area contributed by atoms with Gasteiger partial charge in [-0.25, -0.2) is 4.79 Å². The van der Waals surface area contributed by atoms with Gasteiger partial charge in [-0.2, -0.15) is 5.10 Å². The van der Waals surface area contributed by atoms with Crippen LogP contribution >= 0.6 is 0 Å². The standard InChI is InChI=1S/C23H25N3O4/c1-29-21-11-6-16(12-22(21)30-20-4-2-3-5-20)15-26(19-13-24-25-14-19)18-9-7-17(8-10-18)23(27)28/h6-14,20H,2-5,15H2,1H3,(H,24,25)(H,27,28). The quantitative estimate of drug-likeness (QED) is 0.559. The van der Waals surface area contributed by atoms with E-state index < -0.39 is 5.97 Å². The van der Waals surface area contributed by atoms with Gasteiger partial charge in [-0.3, -0.25) is 5.10 Å². The van der Waals surface area contributed by atoms with Crippen molar-refractivity contribution >= 4 is 17.3 Å². The second kappa shape index (κ2) is 8.90. The SMILES string of the molecule is COc1ccc(CN(c2ccc(C(=O)O)cc2)c2cn[nH]c2)cc1OC1CCCC1. The van der Waals surface area contributed by atoms with E-state index in [1.54, 1.807) is 37.6 Å². The van der Waals surface area contributed by atoms with Crippen molar-refractivity contribution in [1.82, 2.24) is 10.2 Å². The summed E-state index contributed by atoms with van der Waals surface area (Å²) in [5, 5.41) is 16.1. The number of benzene rings is 2. The van der Waals surface area contributed by atoms with Gasteiger partial charge in [0.05, 0.1) is 30.7 Å². The van der Waals surface area contributed by atoms with Gasteiger partial charge in [0, 0.05) is 18.4 Å². The third kappa shape index (κ3) is 4.40. The Bertz CT molecular complexity index is 980. The minimum Gasteiger partial charge on any atom is -0.493 e. The lowest BCUT2D eigenvalue weighted by Crippen LogP contribution is -2.17. The highest BCUT2D eigenvalue weighted by Crippen LogP contribution is 2.34. The van der Waals surface area contributed by atoms with Gasteiger partial charge in [0.15, 0.2) is 11.5 Å². The number of aromatic carboxylic acids is 1. The van der Waals surface area contributed by atoms with Crippen molar-refractivity contribution < 1.29 is 19.4 Å². The van der Waals surface area contributed by atoms with Crippen molar-refractivity contribution in [3.05, 3.63) is 66.0 Å². The van der Waals surface area contributed by atoms with Gasteiger partial charge in [0.2, 0.25) is 0 Å². The number of anilines is 2. The predicted octanol–water partition coefficient (Wildman–Crippen LogP) is 4.78. The summed E-state index contributed by atoms with van der Waals surface area (Å²) in [6.45, 7) is 0.566. The molecule has 1 heterocycles. The van der Waals surface area contributed by atoms with Gasteiger partial charge >= 0.3 is 5.97 Å². The van der Waals surface area contributed by atoms with E-state index in [1.165, 1.54) is 12.8 Å². The Labute approximate surface area is 175 Å². The number of hydrogen-bond donors (Lipinski definition) is 2. The fraction of sp³-hybridized carbons (Fsp3) is 0.304. The number of carboxylic acid groups (broad SMARTS) is 1. The average Bonchev–Trinajstić information content (AvgIpc) is 3.47. The van der Waals surface area contributed by atoms with Crippen molar-refractivity contribution in [2.75, 3.05) is 12.0 Å². The van der Waals surface area contributed by atoms with Gasteiger partial charge in [-0.1, -0.05) is 6.07 Å². The Morgan fingerprint density at radius 1 is 1.13 bits per heavy atom. The minimum atomic E-state index is -0.944. The molecule has 2 aromatic carbocycles. The van der Waals surface area contributed by atoms with Crippen molar-refractivity contribution in [1.29, 1.82) is 0 Å². The Kier molecular flexibility index (Phi) is 5.88. The van der Waals surface area contributed by atoms with Gasteiger partial charge in [-0.15, -0.1) is 0 Å². The van der Waals surface area contributed by atoms with E-state index in [0.29, 0.717) is 6.54 Å². The van der Waals surface area contributed by atoms with Crippen LogP contribution in [0.3, 0.4) is 0 Å². The summed E-state index contributed by atoms with van der Waals surface area (Å²) in [4.78, 5) is 13.3. The van der Waals surface area contributed by atoms with Crippen LogP contribution in [0.2, 0.25) is 0 Å². The normalized spacial score (nSPS) is 13.9. The molecule has 0 amide bonds. The van der Waals surface area contributed by atoms with E-state index >= 15 is 0 Å². The van der Waals surface area contributed by atoms with E-state index in [2.05, 4.69) is 15.1 Å². The lowest BCUT2D eigenvalue weighted by molar-refractivity contribution is 0.0697. The summed E-state index contributed by atoms with van der Waals surface area (Å²) < 4.78 is 11.7. The molecule has 0 saturated heterocycles. The molecular formula is C23H25N3O4. The summed E-state index contributed by atoms with van der Waals surface area (Å²) in [6, 6.07) is 12.8. The third-order valence-corrected chi connectivity index (χ3v) is 5.39. The number of aromatic amines is 1. The molecule has 1 aromatic heterocycles. The Balaban J connectivity index is 1.62. The van der Waals surface area contributed by atoms with Crippen molar-refractivity contribution in [2.45, 2.75) is 38.3 Å².